The lowest BCUT2D eigenvalue weighted by Crippen LogP contribution is -2.36. The molecule has 2 heteroatoms. The zero-order valence-electron chi connectivity index (χ0n) is 10.9. The highest BCUT2D eigenvalue weighted by molar-refractivity contribution is 5.14. The van der Waals surface area contributed by atoms with Crippen LogP contribution in [0.15, 0.2) is 30.3 Å². The second kappa shape index (κ2) is 6.77. The van der Waals surface area contributed by atoms with Crippen LogP contribution in [0.4, 0.5) is 0 Å². The van der Waals surface area contributed by atoms with Crippen molar-refractivity contribution in [3.63, 3.8) is 0 Å². The van der Waals surface area contributed by atoms with Gasteiger partial charge in [-0.3, -0.25) is 0 Å². The number of hydrogen-bond acceptors (Lipinski definition) is 2. The molecule has 1 aromatic rings. The third-order valence-corrected chi connectivity index (χ3v) is 3.55. The summed E-state index contributed by atoms with van der Waals surface area (Å²) in [6.07, 6.45) is 5.45. The van der Waals surface area contributed by atoms with E-state index < -0.39 is 0 Å². The van der Waals surface area contributed by atoms with Crippen LogP contribution >= 0.6 is 0 Å². The highest BCUT2D eigenvalue weighted by atomic mass is 15.1. The maximum absolute atomic E-state index is 3.61. The molecule has 94 valence electrons. The number of benzene rings is 1. The lowest BCUT2D eigenvalue weighted by atomic mass is 9.93. The highest BCUT2D eigenvalue weighted by Gasteiger charge is 2.15. The molecule has 1 aromatic carbocycles. The first-order valence-electron chi connectivity index (χ1n) is 6.80. The molecule has 1 saturated carbocycles. The van der Waals surface area contributed by atoms with Gasteiger partial charge in [-0.25, -0.2) is 0 Å². The molecule has 0 unspecified atom stereocenters. The topological polar surface area (TPSA) is 15.3 Å². The average Bonchev–Trinajstić information content (AvgIpc) is 2.27. The van der Waals surface area contributed by atoms with Crippen molar-refractivity contribution in [3.8, 4) is 0 Å². The van der Waals surface area contributed by atoms with Crippen LogP contribution in [0.1, 0.15) is 31.2 Å². The van der Waals surface area contributed by atoms with E-state index in [-0.39, 0.29) is 0 Å². The van der Waals surface area contributed by atoms with Crippen molar-refractivity contribution in [1.29, 1.82) is 0 Å². The van der Waals surface area contributed by atoms with Crippen LogP contribution in [0.3, 0.4) is 0 Å². The second-order valence-corrected chi connectivity index (χ2v) is 5.16. The van der Waals surface area contributed by atoms with Crippen LogP contribution < -0.4 is 5.32 Å². The van der Waals surface area contributed by atoms with Gasteiger partial charge in [0.15, 0.2) is 0 Å². The summed E-state index contributed by atoms with van der Waals surface area (Å²) >= 11 is 0. The van der Waals surface area contributed by atoms with E-state index >= 15 is 0 Å². The molecule has 0 aliphatic heterocycles. The molecule has 0 bridgehead atoms. The van der Waals surface area contributed by atoms with E-state index in [4.69, 9.17) is 0 Å². The van der Waals surface area contributed by atoms with Gasteiger partial charge >= 0.3 is 0 Å². The van der Waals surface area contributed by atoms with E-state index in [2.05, 4.69) is 47.6 Å². The number of hydrogen-bond donors (Lipinski definition) is 1. The van der Waals surface area contributed by atoms with Crippen LogP contribution in [0.2, 0.25) is 0 Å². The fourth-order valence-corrected chi connectivity index (χ4v) is 2.24. The van der Waals surface area contributed by atoms with Crippen molar-refractivity contribution in [2.75, 3.05) is 20.1 Å². The first-order valence-corrected chi connectivity index (χ1v) is 6.80. The molecule has 0 heterocycles. The summed E-state index contributed by atoms with van der Waals surface area (Å²) in [5.74, 6) is 0. The normalized spacial score (nSPS) is 16.1. The van der Waals surface area contributed by atoms with Crippen molar-refractivity contribution in [2.45, 2.75) is 38.3 Å². The van der Waals surface area contributed by atoms with Crippen LogP contribution in [-0.2, 0) is 6.54 Å². The Morgan fingerprint density at radius 1 is 1.24 bits per heavy atom. The molecule has 0 radical (unpaired) electrons. The number of rotatable bonds is 7. The van der Waals surface area contributed by atoms with Crippen molar-refractivity contribution < 1.29 is 0 Å². The maximum atomic E-state index is 3.61. The van der Waals surface area contributed by atoms with Gasteiger partial charge < -0.3 is 10.2 Å². The second-order valence-electron chi connectivity index (χ2n) is 5.16. The first-order chi connectivity index (χ1) is 8.34. The summed E-state index contributed by atoms with van der Waals surface area (Å²) in [5, 5.41) is 3.61. The van der Waals surface area contributed by atoms with Gasteiger partial charge in [0.2, 0.25) is 0 Å². The summed E-state index contributed by atoms with van der Waals surface area (Å²) in [4.78, 5) is 2.40. The van der Waals surface area contributed by atoms with E-state index in [1.807, 2.05) is 0 Å². The van der Waals surface area contributed by atoms with E-state index in [1.165, 1.54) is 44.3 Å². The molecule has 1 N–H and O–H groups in total. The van der Waals surface area contributed by atoms with Crippen molar-refractivity contribution >= 4 is 0 Å². The highest BCUT2D eigenvalue weighted by Crippen LogP contribution is 2.17. The summed E-state index contributed by atoms with van der Waals surface area (Å²) in [6.45, 7) is 3.41. The molecule has 0 spiro atoms. The van der Waals surface area contributed by atoms with Crippen molar-refractivity contribution in [1.82, 2.24) is 10.2 Å². The molecule has 2 nitrogen and oxygen atoms in total. The summed E-state index contributed by atoms with van der Waals surface area (Å²) in [6, 6.07) is 11.5. The molecule has 2 rings (SSSR count). The molecule has 0 amide bonds. The van der Waals surface area contributed by atoms with Gasteiger partial charge in [0.1, 0.15) is 0 Å². The fraction of sp³-hybridized carbons (Fsp3) is 0.600. The third-order valence-electron chi connectivity index (χ3n) is 3.55. The Morgan fingerprint density at radius 3 is 2.65 bits per heavy atom. The third kappa shape index (κ3) is 4.49. The molecular weight excluding hydrogens is 208 g/mol. The smallest absolute Gasteiger partial charge is 0.0230 e. The molecule has 0 atom stereocenters. The van der Waals surface area contributed by atoms with Gasteiger partial charge in [-0.2, -0.15) is 0 Å². The Morgan fingerprint density at radius 2 is 2.00 bits per heavy atom. The predicted octanol–water partition coefficient (Wildman–Crippen LogP) is 2.65. The van der Waals surface area contributed by atoms with Crippen molar-refractivity contribution in [3.05, 3.63) is 35.9 Å². The minimum Gasteiger partial charge on any atom is -0.314 e. The standard InChI is InChI=1S/C15H24N2/c1-17(13-14-7-3-2-4-8-14)12-6-11-16-15-9-5-10-15/h2-4,7-8,15-16H,5-6,9-13H2,1H3. The van der Waals surface area contributed by atoms with E-state index in [9.17, 15) is 0 Å². The molecular formula is C15H24N2. The minimum atomic E-state index is 0.828. The summed E-state index contributed by atoms with van der Waals surface area (Å²) in [5.41, 5.74) is 1.40. The number of nitrogens with zero attached hydrogens (tertiary/aromatic N) is 1. The van der Waals surface area contributed by atoms with Gasteiger partial charge in [-0.05, 0) is 45.0 Å². The van der Waals surface area contributed by atoms with E-state index in [0.717, 1.165) is 12.6 Å². The Kier molecular flexibility index (Phi) is 5.02. The van der Waals surface area contributed by atoms with Crippen LogP contribution in [0.25, 0.3) is 0 Å². The van der Waals surface area contributed by atoms with Crippen LogP contribution in [0.5, 0.6) is 0 Å². The zero-order valence-corrected chi connectivity index (χ0v) is 10.9. The fourth-order valence-electron chi connectivity index (χ4n) is 2.24. The largest absolute Gasteiger partial charge is 0.314 e. The minimum absolute atomic E-state index is 0.828. The van der Waals surface area contributed by atoms with Gasteiger partial charge in [0, 0.05) is 12.6 Å². The average molecular weight is 232 g/mol. The van der Waals surface area contributed by atoms with E-state index in [0.29, 0.717) is 0 Å². The first kappa shape index (κ1) is 12.6. The Balaban J connectivity index is 1.55. The zero-order chi connectivity index (χ0) is 11.9. The monoisotopic (exact) mass is 232 g/mol. The molecule has 1 aliphatic rings. The van der Waals surface area contributed by atoms with Crippen molar-refractivity contribution in [2.24, 2.45) is 0 Å². The Bertz CT molecular complexity index is 306. The lowest BCUT2D eigenvalue weighted by molar-refractivity contribution is 0.298. The predicted molar refractivity (Wildman–Crippen MR) is 73.0 cm³/mol. The molecule has 1 fully saturated rings. The van der Waals surface area contributed by atoms with Gasteiger partial charge in [-0.1, -0.05) is 36.8 Å². The van der Waals surface area contributed by atoms with E-state index in [1.54, 1.807) is 0 Å². The Labute approximate surface area is 105 Å². The van der Waals surface area contributed by atoms with Gasteiger partial charge in [0.25, 0.3) is 0 Å². The summed E-state index contributed by atoms with van der Waals surface area (Å²) < 4.78 is 0. The lowest BCUT2D eigenvalue weighted by Gasteiger charge is -2.27. The summed E-state index contributed by atoms with van der Waals surface area (Å²) in [7, 11) is 2.20. The maximum Gasteiger partial charge on any atom is 0.0230 e. The number of nitrogens with one attached hydrogen (secondary N) is 1. The molecule has 0 aromatic heterocycles. The Hall–Kier alpha value is -0.860. The molecule has 17 heavy (non-hydrogen) atoms. The van der Waals surface area contributed by atoms with Gasteiger partial charge in [-0.15, -0.1) is 0 Å². The van der Waals surface area contributed by atoms with Gasteiger partial charge in [0.05, 0.1) is 0 Å². The van der Waals surface area contributed by atoms with Crippen LogP contribution in [-0.4, -0.2) is 31.1 Å². The molecule has 0 saturated heterocycles. The quantitative estimate of drug-likeness (QED) is 0.727. The van der Waals surface area contributed by atoms with Crippen LogP contribution in [0, 0.1) is 0 Å². The molecule has 1 aliphatic carbocycles. The SMILES string of the molecule is CN(CCCNC1CCC1)Cc1ccccc1.